The van der Waals surface area contributed by atoms with Crippen molar-refractivity contribution in [2.75, 3.05) is 0 Å². The summed E-state index contributed by atoms with van der Waals surface area (Å²) >= 11 is 0. The number of benzene rings is 2. The van der Waals surface area contributed by atoms with Gasteiger partial charge in [-0.3, -0.25) is 0 Å². The van der Waals surface area contributed by atoms with Crippen molar-refractivity contribution in [2.45, 2.75) is 12.4 Å². The van der Waals surface area contributed by atoms with Crippen molar-refractivity contribution < 1.29 is 22.3 Å². The van der Waals surface area contributed by atoms with E-state index in [0.29, 0.717) is 11.1 Å². The van der Waals surface area contributed by atoms with Crippen LogP contribution in [0.3, 0.4) is 0 Å². The van der Waals surface area contributed by atoms with Crippen LogP contribution in [0.15, 0.2) is 48.5 Å². The zero-order chi connectivity index (χ0) is 14.8. The summed E-state index contributed by atoms with van der Waals surface area (Å²) in [7, 11) is 0. The highest BCUT2D eigenvalue weighted by molar-refractivity contribution is 5.85. The summed E-state index contributed by atoms with van der Waals surface area (Å²) < 4.78 is 52.9. The average molecular weight is 322 g/mol. The summed E-state index contributed by atoms with van der Waals surface area (Å²) in [5.41, 5.74) is 7.03. The highest BCUT2D eigenvalue weighted by Crippen LogP contribution is 2.26. The van der Waals surface area contributed by atoms with E-state index in [0.717, 1.165) is 0 Å². The fraction of sp³-hybridized carbons (Fsp3) is 0.143. The predicted octanol–water partition coefficient (Wildman–Crippen LogP) is 4.19. The molecule has 1 atom stereocenters. The lowest BCUT2D eigenvalue weighted by Crippen LogP contribution is -2.17. The SMILES string of the molecule is Cl.N[C@H](c1ccc(OC(F)(F)F)cc1)c1cccc(F)c1. The third-order valence-corrected chi connectivity index (χ3v) is 2.68. The summed E-state index contributed by atoms with van der Waals surface area (Å²) in [6.07, 6.45) is -4.73. The maximum atomic E-state index is 13.1. The molecule has 0 aromatic heterocycles. The summed E-state index contributed by atoms with van der Waals surface area (Å²) in [5.74, 6) is -0.748. The number of halogens is 5. The lowest BCUT2D eigenvalue weighted by Gasteiger charge is -2.14. The molecule has 21 heavy (non-hydrogen) atoms. The first-order valence-corrected chi connectivity index (χ1v) is 5.72. The first kappa shape index (κ1) is 17.3. The first-order valence-electron chi connectivity index (χ1n) is 5.72. The number of alkyl halides is 3. The Labute approximate surface area is 124 Å². The van der Waals surface area contributed by atoms with Crippen LogP contribution in [0.25, 0.3) is 0 Å². The lowest BCUT2D eigenvalue weighted by atomic mass is 9.99. The van der Waals surface area contributed by atoms with Gasteiger partial charge in [0.1, 0.15) is 11.6 Å². The Balaban J connectivity index is 0.00000220. The van der Waals surface area contributed by atoms with Gasteiger partial charge in [-0.25, -0.2) is 4.39 Å². The second-order valence-electron chi connectivity index (χ2n) is 4.15. The summed E-state index contributed by atoms with van der Waals surface area (Å²) in [5, 5.41) is 0. The van der Waals surface area contributed by atoms with Gasteiger partial charge in [0.05, 0.1) is 6.04 Å². The molecule has 0 fully saturated rings. The maximum absolute atomic E-state index is 13.1. The number of hydrogen-bond donors (Lipinski definition) is 1. The molecule has 0 aliphatic carbocycles. The Morgan fingerprint density at radius 1 is 0.952 bits per heavy atom. The average Bonchev–Trinajstić information content (AvgIpc) is 2.37. The Morgan fingerprint density at radius 3 is 2.10 bits per heavy atom. The standard InChI is InChI=1S/C14H11F4NO.ClH/c15-11-3-1-2-10(8-11)13(19)9-4-6-12(7-5-9)20-14(16,17)18;/h1-8,13H,19H2;1H/t13-;/m1./s1. The molecule has 2 rings (SSSR count). The van der Waals surface area contributed by atoms with Crippen LogP contribution < -0.4 is 10.5 Å². The number of ether oxygens (including phenoxy) is 1. The van der Waals surface area contributed by atoms with Gasteiger partial charge >= 0.3 is 6.36 Å². The van der Waals surface area contributed by atoms with Gasteiger partial charge in [-0.2, -0.15) is 0 Å². The van der Waals surface area contributed by atoms with Crippen LogP contribution in [0.5, 0.6) is 5.75 Å². The molecule has 7 heteroatoms. The molecular formula is C14H12ClF4NO. The van der Waals surface area contributed by atoms with Crippen molar-refractivity contribution in [1.82, 2.24) is 0 Å². The number of hydrogen-bond acceptors (Lipinski definition) is 2. The van der Waals surface area contributed by atoms with Gasteiger partial charge < -0.3 is 10.5 Å². The molecule has 0 spiro atoms. The summed E-state index contributed by atoms with van der Waals surface area (Å²) in [6.45, 7) is 0. The Kier molecular flexibility index (Phi) is 5.57. The lowest BCUT2D eigenvalue weighted by molar-refractivity contribution is -0.274. The van der Waals surface area contributed by atoms with Gasteiger partial charge in [-0.15, -0.1) is 25.6 Å². The van der Waals surface area contributed by atoms with Crippen LogP contribution >= 0.6 is 12.4 Å². The van der Waals surface area contributed by atoms with Gasteiger partial charge in [-0.1, -0.05) is 24.3 Å². The van der Waals surface area contributed by atoms with Gasteiger partial charge in [0.2, 0.25) is 0 Å². The van der Waals surface area contributed by atoms with Crippen molar-refractivity contribution in [2.24, 2.45) is 5.73 Å². The molecule has 0 bridgehead atoms. The summed E-state index contributed by atoms with van der Waals surface area (Å²) in [6, 6.07) is 10.3. The maximum Gasteiger partial charge on any atom is 0.573 e. The molecule has 114 valence electrons. The van der Waals surface area contributed by atoms with E-state index in [2.05, 4.69) is 4.74 Å². The minimum atomic E-state index is -4.73. The van der Waals surface area contributed by atoms with Crippen molar-refractivity contribution in [1.29, 1.82) is 0 Å². The Bertz CT molecular complexity index is 586. The second-order valence-corrected chi connectivity index (χ2v) is 4.15. The second kappa shape index (κ2) is 6.78. The van der Waals surface area contributed by atoms with Crippen LogP contribution in [0.2, 0.25) is 0 Å². The van der Waals surface area contributed by atoms with Crippen LogP contribution in [-0.4, -0.2) is 6.36 Å². The van der Waals surface area contributed by atoms with E-state index in [4.69, 9.17) is 5.73 Å². The highest BCUT2D eigenvalue weighted by atomic mass is 35.5. The van der Waals surface area contributed by atoms with Gasteiger partial charge in [0.15, 0.2) is 0 Å². The molecule has 2 nitrogen and oxygen atoms in total. The molecule has 0 saturated heterocycles. The zero-order valence-electron chi connectivity index (χ0n) is 10.6. The fourth-order valence-corrected chi connectivity index (χ4v) is 1.77. The minimum absolute atomic E-state index is 0. The quantitative estimate of drug-likeness (QED) is 0.860. The Morgan fingerprint density at radius 2 is 1.57 bits per heavy atom. The Hall–Kier alpha value is -1.79. The van der Waals surface area contributed by atoms with E-state index in [9.17, 15) is 17.6 Å². The first-order chi connectivity index (χ1) is 9.35. The highest BCUT2D eigenvalue weighted by Gasteiger charge is 2.31. The molecule has 0 radical (unpaired) electrons. The van der Waals surface area contributed by atoms with E-state index in [-0.39, 0.29) is 18.2 Å². The third kappa shape index (κ3) is 4.91. The monoisotopic (exact) mass is 321 g/mol. The molecule has 0 aliphatic heterocycles. The topological polar surface area (TPSA) is 35.2 Å². The molecule has 0 saturated carbocycles. The van der Waals surface area contributed by atoms with Crippen LogP contribution in [0, 0.1) is 5.82 Å². The van der Waals surface area contributed by atoms with E-state index in [1.807, 2.05) is 0 Å². The molecule has 2 aromatic rings. The van der Waals surface area contributed by atoms with Crippen LogP contribution in [0.4, 0.5) is 17.6 Å². The number of rotatable bonds is 3. The molecular weight excluding hydrogens is 310 g/mol. The largest absolute Gasteiger partial charge is 0.573 e. The van der Waals surface area contributed by atoms with Gasteiger partial charge in [-0.05, 0) is 35.4 Å². The van der Waals surface area contributed by atoms with E-state index >= 15 is 0 Å². The normalized spacial score (nSPS) is 12.4. The van der Waals surface area contributed by atoms with Crippen LogP contribution in [0.1, 0.15) is 17.2 Å². The van der Waals surface area contributed by atoms with E-state index in [1.54, 1.807) is 6.07 Å². The predicted molar refractivity (Wildman–Crippen MR) is 72.8 cm³/mol. The summed E-state index contributed by atoms with van der Waals surface area (Å²) in [4.78, 5) is 0. The molecule has 0 heterocycles. The van der Waals surface area contributed by atoms with Gasteiger partial charge in [0, 0.05) is 0 Å². The molecule has 2 N–H and O–H groups in total. The molecule has 0 unspecified atom stereocenters. The number of nitrogens with two attached hydrogens (primary N) is 1. The van der Waals surface area contributed by atoms with Crippen molar-refractivity contribution in [3.05, 3.63) is 65.5 Å². The molecule has 0 aliphatic rings. The third-order valence-electron chi connectivity index (χ3n) is 2.68. The van der Waals surface area contributed by atoms with Crippen LogP contribution in [-0.2, 0) is 0 Å². The molecule has 0 amide bonds. The smallest absolute Gasteiger partial charge is 0.406 e. The fourth-order valence-electron chi connectivity index (χ4n) is 1.77. The van der Waals surface area contributed by atoms with Crippen molar-refractivity contribution in [3.63, 3.8) is 0 Å². The molecule has 2 aromatic carbocycles. The van der Waals surface area contributed by atoms with Crippen molar-refractivity contribution in [3.8, 4) is 5.75 Å². The van der Waals surface area contributed by atoms with E-state index in [1.165, 1.54) is 42.5 Å². The zero-order valence-corrected chi connectivity index (χ0v) is 11.4. The van der Waals surface area contributed by atoms with Gasteiger partial charge in [0.25, 0.3) is 0 Å². The van der Waals surface area contributed by atoms with E-state index < -0.39 is 18.2 Å². The van der Waals surface area contributed by atoms with Crippen molar-refractivity contribution >= 4 is 12.4 Å². The minimum Gasteiger partial charge on any atom is -0.406 e.